The van der Waals surface area contributed by atoms with E-state index < -0.39 is 10.0 Å². The third-order valence-electron chi connectivity index (χ3n) is 3.30. The molecule has 2 rings (SSSR count). The maximum atomic E-state index is 11.9. The molecule has 0 atom stereocenters. The van der Waals surface area contributed by atoms with Gasteiger partial charge in [0.1, 0.15) is 0 Å². The number of ether oxygens (including phenoxy) is 1. The van der Waals surface area contributed by atoms with Crippen LogP contribution in [-0.2, 0) is 14.8 Å². The second-order valence-corrected chi connectivity index (χ2v) is 6.71. The number of carbonyl (C=O) groups excluding carboxylic acids is 1. The first-order chi connectivity index (χ1) is 11.5. The molecule has 0 unspecified atom stereocenters. The number of benzene rings is 2. The standard InChI is InChI=1S/C17H19NO5S/c1-2-23-17(20)15-5-3-13(4-6-15)14-7-9-16(10-8-14)24(21,22)18-11-12-19/h3-10,18-19H,2,11-12H2,1H3. The van der Waals surface area contributed by atoms with E-state index in [9.17, 15) is 13.2 Å². The van der Waals surface area contributed by atoms with Crippen LogP contribution in [0.2, 0.25) is 0 Å². The molecule has 0 spiro atoms. The average Bonchev–Trinajstić information content (AvgIpc) is 2.60. The summed E-state index contributed by atoms with van der Waals surface area (Å²) in [4.78, 5) is 11.7. The van der Waals surface area contributed by atoms with Crippen LogP contribution in [0.4, 0.5) is 0 Å². The van der Waals surface area contributed by atoms with Gasteiger partial charge in [0.25, 0.3) is 0 Å². The lowest BCUT2D eigenvalue weighted by Gasteiger charge is -2.07. The highest BCUT2D eigenvalue weighted by atomic mass is 32.2. The number of esters is 1. The van der Waals surface area contributed by atoms with Crippen LogP contribution in [0.25, 0.3) is 11.1 Å². The van der Waals surface area contributed by atoms with Crippen molar-refractivity contribution in [2.45, 2.75) is 11.8 Å². The second-order valence-electron chi connectivity index (χ2n) is 4.94. The SMILES string of the molecule is CCOC(=O)c1ccc(-c2ccc(S(=O)(=O)NCCO)cc2)cc1. The van der Waals surface area contributed by atoms with Crippen LogP contribution in [0.5, 0.6) is 0 Å². The fraction of sp³-hybridized carbons (Fsp3) is 0.235. The molecule has 2 N–H and O–H groups in total. The summed E-state index contributed by atoms with van der Waals surface area (Å²) in [5, 5.41) is 8.70. The smallest absolute Gasteiger partial charge is 0.338 e. The van der Waals surface area contributed by atoms with Gasteiger partial charge in [-0.25, -0.2) is 17.9 Å². The Morgan fingerprint density at radius 1 is 1.04 bits per heavy atom. The predicted molar refractivity (Wildman–Crippen MR) is 90.1 cm³/mol. The summed E-state index contributed by atoms with van der Waals surface area (Å²) >= 11 is 0. The largest absolute Gasteiger partial charge is 0.462 e. The fourth-order valence-corrected chi connectivity index (χ4v) is 3.12. The van der Waals surface area contributed by atoms with Crippen molar-refractivity contribution < 1.29 is 23.1 Å². The summed E-state index contributed by atoms with van der Waals surface area (Å²) in [6, 6.07) is 13.3. The van der Waals surface area contributed by atoms with Gasteiger partial charge in [-0.2, -0.15) is 0 Å². The molecule has 6 nitrogen and oxygen atoms in total. The Kier molecular flexibility index (Phi) is 6.08. The number of sulfonamides is 1. The van der Waals surface area contributed by atoms with Crippen molar-refractivity contribution in [3.8, 4) is 11.1 Å². The molecule has 0 bridgehead atoms. The summed E-state index contributed by atoms with van der Waals surface area (Å²) < 4.78 is 31.1. The van der Waals surface area contributed by atoms with E-state index in [0.29, 0.717) is 12.2 Å². The molecule has 2 aromatic carbocycles. The van der Waals surface area contributed by atoms with Crippen LogP contribution in [-0.4, -0.2) is 39.3 Å². The van der Waals surface area contributed by atoms with Crippen LogP contribution in [0.15, 0.2) is 53.4 Å². The van der Waals surface area contributed by atoms with Crippen molar-refractivity contribution in [1.82, 2.24) is 4.72 Å². The molecule has 2 aromatic rings. The van der Waals surface area contributed by atoms with Gasteiger partial charge in [0.15, 0.2) is 0 Å². The van der Waals surface area contributed by atoms with E-state index in [-0.39, 0.29) is 24.0 Å². The molecular formula is C17H19NO5S. The van der Waals surface area contributed by atoms with Crippen molar-refractivity contribution in [3.63, 3.8) is 0 Å². The van der Waals surface area contributed by atoms with Crippen molar-refractivity contribution in [3.05, 3.63) is 54.1 Å². The second kappa shape index (κ2) is 8.05. The number of rotatable bonds is 7. The monoisotopic (exact) mass is 349 g/mol. The number of aliphatic hydroxyl groups is 1. The number of nitrogens with one attached hydrogen (secondary N) is 1. The molecule has 0 aliphatic rings. The van der Waals surface area contributed by atoms with Gasteiger partial charge in [0.05, 0.1) is 23.7 Å². The Balaban J connectivity index is 2.17. The predicted octanol–water partition coefficient (Wildman–Crippen LogP) is 1.80. The highest BCUT2D eigenvalue weighted by Gasteiger charge is 2.13. The minimum absolute atomic E-state index is 0.0284. The Hall–Kier alpha value is -2.22. The average molecular weight is 349 g/mol. The van der Waals surface area contributed by atoms with Crippen LogP contribution in [0.1, 0.15) is 17.3 Å². The minimum atomic E-state index is -3.62. The zero-order valence-corrected chi connectivity index (χ0v) is 14.0. The van der Waals surface area contributed by atoms with Crippen molar-refractivity contribution >= 4 is 16.0 Å². The maximum absolute atomic E-state index is 11.9. The molecule has 128 valence electrons. The highest BCUT2D eigenvalue weighted by molar-refractivity contribution is 7.89. The zero-order valence-electron chi connectivity index (χ0n) is 13.2. The van der Waals surface area contributed by atoms with E-state index in [0.717, 1.165) is 11.1 Å². The molecule has 0 amide bonds. The number of hydrogen-bond donors (Lipinski definition) is 2. The molecule has 0 aromatic heterocycles. The molecule has 24 heavy (non-hydrogen) atoms. The van der Waals surface area contributed by atoms with Gasteiger partial charge in [-0.05, 0) is 42.3 Å². The van der Waals surface area contributed by atoms with E-state index in [1.165, 1.54) is 12.1 Å². The first-order valence-electron chi connectivity index (χ1n) is 7.46. The molecule has 0 saturated carbocycles. The van der Waals surface area contributed by atoms with Crippen LogP contribution >= 0.6 is 0 Å². The molecule has 7 heteroatoms. The summed E-state index contributed by atoms with van der Waals surface area (Å²) in [6.07, 6.45) is 0. The summed E-state index contributed by atoms with van der Waals surface area (Å²) in [6.45, 7) is 1.78. The van der Waals surface area contributed by atoms with Gasteiger partial charge < -0.3 is 9.84 Å². The zero-order chi connectivity index (χ0) is 17.6. The van der Waals surface area contributed by atoms with E-state index in [1.807, 2.05) is 0 Å². The van der Waals surface area contributed by atoms with Gasteiger partial charge in [-0.3, -0.25) is 0 Å². The van der Waals surface area contributed by atoms with Crippen LogP contribution in [0.3, 0.4) is 0 Å². The summed E-state index contributed by atoms with van der Waals surface area (Å²) in [7, 11) is -3.62. The molecular weight excluding hydrogens is 330 g/mol. The fourth-order valence-electron chi connectivity index (χ4n) is 2.10. The first kappa shape index (κ1) is 18.1. The Morgan fingerprint density at radius 3 is 2.08 bits per heavy atom. The van der Waals surface area contributed by atoms with E-state index in [1.54, 1.807) is 43.3 Å². The Bertz CT molecular complexity index is 783. The van der Waals surface area contributed by atoms with Gasteiger partial charge in [-0.1, -0.05) is 24.3 Å². The maximum Gasteiger partial charge on any atom is 0.338 e. The van der Waals surface area contributed by atoms with Gasteiger partial charge in [0.2, 0.25) is 10.0 Å². The van der Waals surface area contributed by atoms with Gasteiger partial charge in [-0.15, -0.1) is 0 Å². The topological polar surface area (TPSA) is 92.7 Å². The Morgan fingerprint density at radius 2 is 1.58 bits per heavy atom. The molecule has 0 aliphatic heterocycles. The quantitative estimate of drug-likeness (QED) is 0.744. The van der Waals surface area contributed by atoms with Crippen molar-refractivity contribution in [2.24, 2.45) is 0 Å². The van der Waals surface area contributed by atoms with Gasteiger partial charge in [0, 0.05) is 6.54 Å². The summed E-state index contributed by atoms with van der Waals surface area (Å²) in [5.74, 6) is -0.375. The number of carbonyl (C=O) groups is 1. The number of aliphatic hydroxyl groups excluding tert-OH is 1. The minimum Gasteiger partial charge on any atom is -0.462 e. The normalized spacial score (nSPS) is 11.2. The molecule has 0 aliphatic carbocycles. The van der Waals surface area contributed by atoms with Crippen molar-refractivity contribution in [2.75, 3.05) is 19.8 Å². The number of hydrogen-bond acceptors (Lipinski definition) is 5. The molecule has 0 heterocycles. The molecule has 0 radical (unpaired) electrons. The Labute approximate surface area is 141 Å². The van der Waals surface area contributed by atoms with E-state index in [4.69, 9.17) is 9.84 Å². The third kappa shape index (κ3) is 4.41. The lowest BCUT2D eigenvalue weighted by molar-refractivity contribution is 0.0526. The molecule has 0 fully saturated rings. The molecule has 0 saturated heterocycles. The third-order valence-corrected chi connectivity index (χ3v) is 4.77. The van der Waals surface area contributed by atoms with Crippen molar-refractivity contribution in [1.29, 1.82) is 0 Å². The van der Waals surface area contributed by atoms with E-state index >= 15 is 0 Å². The lowest BCUT2D eigenvalue weighted by Crippen LogP contribution is -2.26. The first-order valence-corrected chi connectivity index (χ1v) is 8.94. The van der Waals surface area contributed by atoms with Crippen LogP contribution in [0, 0.1) is 0 Å². The van der Waals surface area contributed by atoms with E-state index in [2.05, 4.69) is 4.72 Å². The highest BCUT2D eigenvalue weighted by Crippen LogP contribution is 2.22. The van der Waals surface area contributed by atoms with Gasteiger partial charge >= 0.3 is 5.97 Å². The van der Waals surface area contributed by atoms with Crippen LogP contribution < -0.4 is 4.72 Å². The summed E-state index contributed by atoms with van der Waals surface area (Å²) in [5.41, 5.74) is 2.15. The lowest BCUT2D eigenvalue weighted by atomic mass is 10.0.